The maximum absolute atomic E-state index is 12.4. The summed E-state index contributed by atoms with van der Waals surface area (Å²) in [6, 6.07) is 16.0. The third-order valence-corrected chi connectivity index (χ3v) is 8.85. The number of hydrogen-bond donors (Lipinski definition) is 0. The second-order valence-corrected chi connectivity index (χ2v) is 9.91. The van der Waals surface area contributed by atoms with Crippen molar-refractivity contribution in [1.29, 1.82) is 0 Å². The minimum absolute atomic E-state index is 0.0859. The van der Waals surface area contributed by atoms with E-state index in [1.165, 1.54) is 0 Å². The van der Waals surface area contributed by atoms with Gasteiger partial charge in [0, 0.05) is 0 Å². The molecule has 2 aromatic carbocycles. The van der Waals surface area contributed by atoms with Crippen LogP contribution in [0.15, 0.2) is 48.5 Å². The molecule has 4 heteroatoms. The fourth-order valence-corrected chi connectivity index (χ4v) is 6.95. The molecule has 1 amide bonds. The average molecular weight is 386 g/mol. The first-order chi connectivity index (χ1) is 9.16. The number of amides is 1. The molecule has 1 aliphatic rings. The van der Waals surface area contributed by atoms with Gasteiger partial charge in [0.1, 0.15) is 0 Å². The molecule has 0 fully saturated rings. The summed E-state index contributed by atoms with van der Waals surface area (Å²) in [7, 11) is 6.57. The summed E-state index contributed by atoms with van der Waals surface area (Å²) in [4.78, 5) is 12.4. The molecule has 0 radical (unpaired) electrons. The summed E-state index contributed by atoms with van der Waals surface area (Å²) in [6.45, 7) is 2.61. The Labute approximate surface area is 123 Å². The first-order valence-electron chi connectivity index (χ1n) is 6.00. The second-order valence-electron chi connectivity index (χ2n) is 4.51. The van der Waals surface area contributed by atoms with Crippen molar-refractivity contribution in [3.8, 4) is 0 Å². The van der Waals surface area contributed by atoms with Crippen LogP contribution in [0.3, 0.4) is 0 Å². The molecule has 0 saturated heterocycles. The summed E-state index contributed by atoms with van der Waals surface area (Å²) in [5.74, 6) is 0.0859. The van der Waals surface area contributed by atoms with Gasteiger partial charge in [-0.05, 0) is 0 Å². The molecule has 0 unspecified atom stereocenters. The molecule has 0 saturated carbocycles. The first kappa shape index (κ1) is 12.9. The van der Waals surface area contributed by atoms with Crippen LogP contribution < -0.4 is 0 Å². The fourth-order valence-electron chi connectivity index (χ4n) is 2.11. The van der Waals surface area contributed by atoms with Gasteiger partial charge in [-0.15, -0.1) is 0 Å². The van der Waals surface area contributed by atoms with Crippen molar-refractivity contribution >= 4 is 33.8 Å². The molecular weight excluding hydrogens is 373 g/mol. The Hall–Kier alpha value is -1.07. The van der Waals surface area contributed by atoms with E-state index >= 15 is 0 Å². The van der Waals surface area contributed by atoms with Crippen LogP contribution >= 0.6 is 27.9 Å². The van der Waals surface area contributed by atoms with Crippen molar-refractivity contribution in [3.05, 3.63) is 68.8 Å². The van der Waals surface area contributed by atoms with Crippen LogP contribution in [0.25, 0.3) is 0 Å². The van der Waals surface area contributed by atoms with E-state index in [2.05, 4.69) is 0 Å². The minimum atomic E-state index is -2.04. The number of carbonyl (C=O) groups is 1. The predicted molar refractivity (Wildman–Crippen MR) is 86.1 cm³/mol. The maximum atomic E-state index is 12.4. The van der Waals surface area contributed by atoms with Crippen molar-refractivity contribution < 1.29 is 4.79 Å². The molecule has 0 aromatic heterocycles. The molecule has 1 heterocycles. The molecule has 0 N–H and O–H groups in total. The molecule has 2 aromatic rings. The van der Waals surface area contributed by atoms with E-state index in [0.29, 0.717) is 6.54 Å². The molecule has 0 atom stereocenters. The number of hydrogen-bond acceptors (Lipinski definition) is 1. The van der Waals surface area contributed by atoms with Gasteiger partial charge in [-0.2, -0.15) is 0 Å². The quantitative estimate of drug-likeness (QED) is 0.554. The van der Waals surface area contributed by atoms with Gasteiger partial charge in [0.15, 0.2) is 0 Å². The van der Waals surface area contributed by atoms with Crippen molar-refractivity contribution in [2.45, 2.75) is 13.5 Å². The average Bonchev–Trinajstić information content (AvgIpc) is 2.65. The summed E-state index contributed by atoms with van der Waals surface area (Å²) in [6.07, 6.45) is 0. The standard InChI is InChI=1S/C15H13ClINO/c1-11-7-8-14-13(9-11)15(19)18(17(14)16)10-12-5-3-2-4-6-12/h2-9H,10H2,1H3. The van der Waals surface area contributed by atoms with Crippen LogP contribution in [-0.2, 0) is 6.54 Å². The van der Waals surface area contributed by atoms with E-state index in [-0.39, 0.29) is 5.91 Å². The topological polar surface area (TPSA) is 20.3 Å². The molecule has 0 bridgehead atoms. The van der Waals surface area contributed by atoms with E-state index in [0.717, 1.165) is 20.3 Å². The second kappa shape index (κ2) is 5.13. The van der Waals surface area contributed by atoms with Gasteiger partial charge in [-0.3, -0.25) is 0 Å². The van der Waals surface area contributed by atoms with Crippen LogP contribution in [0.2, 0.25) is 0 Å². The summed E-state index contributed by atoms with van der Waals surface area (Å²) in [5, 5.41) is 0. The summed E-state index contributed by atoms with van der Waals surface area (Å²) in [5.41, 5.74) is 3.04. The molecule has 1 aliphatic heterocycles. The van der Waals surface area contributed by atoms with Crippen molar-refractivity contribution in [2.75, 3.05) is 0 Å². The molecule has 0 spiro atoms. The van der Waals surface area contributed by atoms with Gasteiger partial charge < -0.3 is 0 Å². The van der Waals surface area contributed by atoms with Gasteiger partial charge in [-0.1, -0.05) is 0 Å². The third-order valence-electron chi connectivity index (χ3n) is 3.08. The number of aryl methyl sites for hydroxylation is 1. The van der Waals surface area contributed by atoms with E-state index < -0.39 is 19.0 Å². The predicted octanol–water partition coefficient (Wildman–Crippen LogP) is 4.40. The van der Waals surface area contributed by atoms with Crippen LogP contribution in [0.1, 0.15) is 21.5 Å². The van der Waals surface area contributed by atoms with Crippen LogP contribution in [0.5, 0.6) is 0 Å². The van der Waals surface area contributed by atoms with Gasteiger partial charge in [0.25, 0.3) is 0 Å². The molecule has 3 rings (SSSR count). The molecular formula is C15H13ClINO. The summed E-state index contributed by atoms with van der Waals surface area (Å²) >= 11 is -2.04. The van der Waals surface area contributed by atoms with E-state index in [4.69, 9.17) is 8.91 Å². The van der Waals surface area contributed by atoms with Crippen molar-refractivity contribution in [2.24, 2.45) is 0 Å². The molecule has 2 nitrogen and oxygen atoms in total. The monoisotopic (exact) mass is 385 g/mol. The summed E-state index contributed by atoms with van der Waals surface area (Å²) < 4.78 is 2.93. The van der Waals surface area contributed by atoms with Crippen molar-refractivity contribution in [3.63, 3.8) is 0 Å². The Morgan fingerprint density at radius 3 is 2.63 bits per heavy atom. The fraction of sp³-hybridized carbons (Fsp3) is 0.133. The van der Waals surface area contributed by atoms with Gasteiger partial charge in [-0.25, -0.2) is 0 Å². The molecule has 98 valence electrons. The Balaban J connectivity index is 1.92. The third kappa shape index (κ3) is 2.37. The Morgan fingerprint density at radius 1 is 1.16 bits per heavy atom. The van der Waals surface area contributed by atoms with Crippen LogP contribution in [-0.4, -0.2) is 9.02 Å². The zero-order valence-electron chi connectivity index (χ0n) is 10.4. The Kier molecular flexibility index (Phi) is 3.50. The zero-order valence-corrected chi connectivity index (χ0v) is 13.4. The van der Waals surface area contributed by atoms with E-state index in [9.17, 15) is 4.79 Å². The number of rotatable bonds is 2. The van der Waals surface area contributed by atoms with Gasteiger partial charge in [0.05, 0.1) is 0 Å². The van der Waals surface area contributed by atoms with Crippen LogP contribution in [0.4, 0.5) is 0 Å². The number of fused-ring (bicyclic) bond motifs is 1. The van der Waals surface area contributed by atoms with Gasteiger partial charge >= 0.3 is 124 Å². The van der Waals surface area contributed by atoms with Gasteiger partial charge in [0.2, 0.25) is 0 Å². The Morgan fingerprint density at radius 2 is 1.89 bits per heavy atom. The zero-order chi connectivity index (χ0) is 13.4. The number of benzene rings is 2. The van der Waals surface area contributed by atoms with Crippen molar-refractivity contribution in [1.82, 2.24) is 3.11 Å². The first-order valence-corrected chi connectivity index (χ1v) is 10.8. The number of halogens is 2. The normalized spacial score (nSPS) is 15.8. The molecule has 0 aliphatic carbocycles. The Bertz CT molecular complexity index is 629. The van der Waals surface area contributed by atoms with E-state index in [1.54, 1.807) is 0 Å². The number of carbonyl (C=O) groups excluding carboxylic acids is 1. The number of nitrogens with zero attached hydrogens (tertiary/aromatic N) is 1. The van der Waals surface area contributed by atoms with Crippen LogP contribution in [0, 0.1) is 10.5 Å². The SMILES string of the molecule is Cc1ccc2c(c1)C(=O)N(Cc1ccccc1)I2Cl. The van der Waals surface area contributed by atoms with E-state index in [1.807, 2.05) is 58.6 Å². The molecule has 19 heavy (non-hydrogen) atoms.